The number of hydrogen-bond acceptors (Lipinski definition) is 1. The molecule has 84 valence electrons. The van der Waals surface area contributed by atoms with Gasteiger partial charge in [0.05, 0.1) is 5.56 Å². The van der Waals surface area contributed by atoms with E-state index in [2.05, 4.69) is 5.92 Å². The monoisotopic (exact) mass is 266 g/mol. The standard InChI is InChI=1S/C10H7BF3O2.K/c1-2-7-3-8(6-11(12,13)14)5-9(4-7)10(15)16;/h1,3-5H,6H2,(H,15,16);/q-1;+1. The van der Waals surface area contributed by atoms with Crippen LogP contribution in [0.1, 0.15) is 21.5 Å². The molecule has 1 N–H and O–H groups in total. The molecule has 0 saturated carbocycles. The molecule has 0 atom stereocenters. The fraction of sp³-hybridized carbons (Fsp3) is 0.100. The van der Waals surface area contributed by atoms with Crippen LogP contribution < -0.4 is 51.4 Å². The molecule has 7 heteroatoms. The second kappa shape index (κ2) is 6.61. The van der Waals surface area contributed by atoms with E-state index >= 15 is 0 Å². The van der Waals surface area contributed by atoms with Crippen molar-refractivity contribution in [1.29, 1.82) is 0 Å². The molecule has 0 aliphatic rings. The van der Waals surface area contributed by atoms with Crippen molar-refractivity contribution in [3.05, 3.63) is 34.9 Å². The number of terminal acetylenes is 1. The van der Waals surface area contributed by atoms with Crippen molar-refractivity contribution in [2.24, 2.45) is 0 Å². The van der Waals surface area contributed by atoms with Crippen LogP contribution in [0, 0.1) is 12.3 Å². The zero-order chi connectivity index (χ0) is 12.3. The normalized spacial score (nSPS) is 10.2. The number of hydrogen-bond donors (Lipinski definition) is 1. The summed E-state index contributed by atoms with van der Waals surface area (Å²) in [4.78, 5) is 10.6. The van der Waals surface area contributed by atoms with Gasteiger partial charge in [-0.3, -0.25) is 0 Å². The molecule has 0 aliphatic heterocycles. The SMILES string of the molecule is C#Cc1cc(C[B-](F)(F)F)cc(C(=O)O)c1.[K+]. The van der Waals surface area contributed by atoms with E-state index < -0.39 is 19.3 Å². The summed E-state index contributed by atoms with van der Waals surface area (Å²) in [5.41, 5.74) is -0.221. The number of benzene rings is 1. The van der Waals surface area contributed by atoms with Crippen LogP contribution in [-0.2, 0) is 6.32 Å². The van der Waals surface area contributed by atoms with Gasteiger partial charge >= 0.3 is 64.3 Å². The number of rotatable bonds is 3. The maximum atomic E-state index is 12.2. The van der Waals surface area contributed by atoms with Gasteiger partial charge in [0.25, 0.3) is 0 Å². The molecule has 0 fully saturated rings. The van der Waals surface area contributed by atoms with Gasteiger partial charge in [-0.1, -0.05) is 17.8 Å². The molecule has 0 saturated heterocycles. The van der Waals surface area contributed by atoms with E-state index in [1.165, 1.54) is 6.07 Å². The fourth-order valence-electron chi connectivity index (χ4n) is 1.28. The zero-order valence-electron chi connectivity index (χ0n) is 9.08. The van der Waals surface area contributed by atoms with Gasteiger partial charge in [-0.2, -0.15) is 0 Å². The molecule has 0 aromatic heterocycles. The molecule has 0 amide bonds. The zero-order valence-corrected chi connectivity index (χ0v) is 12.2. The van der Waals surface area contributed by atoms with Gasteiger partial charge < -0.3 is 18.1 Å². The Labute approximate surface area is 139 Å². The smallest absolute Gasteiger partial charge is 0.478 e. The number of carboxylic acids is 1. The molecule has 0 spiro atoms. The molecular formula is C10H7BF3KO2. The summed E-state index contributed by atoms with van der Waals surface area (Å²) in [6, 6.07) is 3.31. The van der Waals surface area contributed by atoms with Crippen molar-refractivity contribution < 1.29 is 74.2 Å². The molecule has 1 aromatic rings. The molecule has 0 heterocycles. The van der Waals surface area contributed by atoms with Crippen LogP contribution in [0.15, 0.2) is 18.2 Å². The Kier molecular flexibility index (Phi) is 6.51. The molecule has 0 radical (unpaired) electrons. The Morgan fingerprint density at radius 1 is 1.35 bits per heavy atom. The third kappa shape index (κ3) is 5.75. The van der Waals surface area contributed by atoms with E-state index in [-0.39, 0.29) is 68.1 Å². The summed E-state index contributed by atoms with van der Waals surface area (Å²) in [5, 5.41) is 8.68. The van der Waals surface area contributed by atoms with Crippen molar-refractivity contribution in [1.82, 2.24) is 0 Å². The summed E-state index contributed by atoms with van der Waals surface area (Å²) < 4.78 is 36.5. The number of carbonyl (C=O) groups is 1. The van der Waals surface area contributed by atoms with Crippen molar-refractivity contribution in [3.8, 4) is 12.3 Å². The van der Waals surface area contributed by atoms with Gasteiger partial charge in [0.15, 0.2) is 0 Å². The van der Waals surface area contributed by atoms with Gasteiger partial charge in [0, 0.05) is 5.56 Å². The molecule has 17 heavy (non-hydrogen) atoms. The summed E-state index contributed by atoms with van der Waals surface area (Å²) in [7, 11) is 0. The van der Waals surface area contributed by atoms with Crippen molar-refractivity contribution in [3.63, 3.8) is 0 Å². The Balaban J connectivity index is 0.00000256. The molecular weight excluding hydrogens is 259 g/mol. The predicted molar refractivity (Wildman–Crippen MR) is 54.1 cm³/mol. The van der Waals surface area contributed by atoms with Crippen LogP contribution in [-0.4, -0.2) is 18.1 Å². The average Bonchev–Trinajstić information content (AvgIpc) is 2.14. The van der Waals surface area contributed by atoms with Gasteiger partial charge in [-0.15, -0.1) is 6.42 Å². The minimum atomic E-state index is -5.00. The van der Waals surface area contributed by atoms with E-state index in [1.807, 2.05) is 0 Å². The minimum absolute atomic E-state index is 0. The third-order valence-corrected chi connectivity index (χ3v) is 1.87. The molecule has 0 aliphatic carbocycles. The summed E-state index contributed by atoms with van der Waals surface area (Å²) in [6.07, 6.45) is 3.90. The van der Waals surface area contributed by atoms with Crippen LogP contribution in [0.3, 0.4) is 0 Å². The van der Waals surface area contributed by atoms with E-state index in [9.17, 15) is 17.7 Å². The van der Waals surface area contributed by atoms with Crippen molar-refractivity contribution >= 4 is 12.9 Å². The van der Waals surface area contributed by atoms with Gasteiger partial charge in [-0.05, 0) is 18.2 Å². The topological polar surface area (TPSA) is 37.3 Å². The third-order valence-electron chi connectivity index (χ3n) is 1.87. The van der Waals surface area contributed by atoms with E-state index in [0.717, 1.165) is 12.1 Å². The maximum Gasteiger partial charge on any atom is 1.00 e. The number of halogens is 3. The van der Waals surface area contributed by atoms with Crippen LogP contribution in [0.2, 0.25) is 0 Å². The Hall–Kier alpha value is -0.259. The van der Waals surface area contributed by atoms with Gasteiger partial charge in [0.2, 0.25) is 0 Å². The first-order chi connectivity index (χ1) is 7.31. The Bertz CT molecular complexity index is 466. The predicted octanol–water partition coefficient (Wildman–Crippen LogP) is -0.701. The Morgan fingerprint density at radius 3 is 2.35 bits per heavy atom. The number of carboxylic acid groups (broad SMARTS) is 1. The first kappa shape index (κ1) is 16.7. The van der Waals surface area contributed by atoms with E-state index in [1.54, 1.807) is 0 Å². The second-order valence-corrected chi connectivity index (χ2v) is 3.28. The number of aromatic carboxylic acids is 1. The largest absolute Gasteiger partial charge is 1.00 e. The summed E-state index contributed by atoms with van der Waals surface area (Å²) in [5.74, 6) is 0.827. The first-order valence-electron chi connectivity index (χ1n) is 4.36. The second-order valence-electron chi connectivity index (χ2n) is 3.28. The van der Waals surface area contributed by atoms with E-state index in [0.29, 0.717) is 0 Å². The molecule has 1 aromatic carbocycles. The first-order valence-corrected chi connectivity index (χ1v) is 4.36. The summed E-state index contributed by atoms with van der Waals surface area (Å²) in [6.45, 7) is -5.00. The van der Waals surface area contributed by atoms with Crippen LogP contribution in [0.25, 0.3) is 0 Å². The van der Waals surface area contributed by atoms with Crippen LogP contribution in [0.5, 0.6) is 0 Å². The fourth-order valence-corrected chi connectivity index (χ4v) is 1.28. The van der Waals surface area contributed by atoms with Gasteiger partial charge in [0.1, 0.15) is 0 Å². The average molecular weight is 266 g/mol. The minimum Gasteiger partial charge on any atom is -0.478 e. The van der Waals surface area contributed by atoms with Crippen LogP contribution >= 0.6 is 0 Å². The molecule has 0 unspecified atom stereocenters. The maximum absolute atomic E-state index is 12.2. The molecule has 1 rings (SSSR count). The van der Waals surface area contributed by atoms with Gasteiger partial charge in [-0.25, -0.2) is 4.79 Å². The quantitative estimate of drug-likeness (QED) is 0.580. The Morgan fingerprint density at radius 2 is 1.94 bits per heavy atom. The molecule has 2 nitrogen and oxygen atoms in total. The molecule has 0 bridgehead atoms. The van der Waals surface area contributed by atoms with Crippen LogP contribution in [0.4, 0.5) is 12.9 Å². The van der Waals surface area contributed by atoms with Crippen molar-refractivity contribution in [2.75, 3.05) is 0 Å². The van der Waals surface area contributed by atoms with Crippen molar-refractivity contribution in [2.45, 2.75) is 6.32 Å². The summed E-state index contributed by atoms with van der Waals surface area (Å²) >= 11 is 0. The van der Waals surface area contributed by atoms with E-state index in [4.69, 9.17) is 11.5 Å².